The number of benzene rings is 1. The van der Waals surface area contributed by atoms with Gasteiger partial charge < -0.3 is 10.4 Å². The maximum atomic E-state index is 11.6. The normalized spacial score (nSPS) is 14.2. The molecule has 1 aromatic rings. The Kier molecular flexibility index (Phi) is 4.50. The highest BCUT2D eigenvalue weighted by Gasteiger charge is 2.26. The number of hydrogen-bond acceptors (Lipinski definition) is 2. The molecule has 2 N–H and O–H groups in total. The second-order valence-corrected chi connectivity index (χ2v) is 4.15. The maximum absolute atomic E-state index is 11.6. The Bertz CT molecular complexity index is 337. The van der Waals surface area contributed by atoms with Crippen molar-refractivity contribution in [3.8, 4) is 0 Å². The first-order chi connectivity index (χ1) is 7.62. The zero-order chi connectivity index (χ0) is 12.0. The van der Waals surface area contributed by atoms with Gasteiger partial charge in [0.25, 0.3) is 0 Å². The summed E-state index contributed by atoms with van der Waals surface area (Å²) in [7, 11) is 0. The first-order valence-corrected chi connectivity index (χ1v) is 5.60. The van der Waals surface area contributed by atoms with Crippen molar-refractivity contribution in [3.05, 3.63) is 35.9 Å². The molecular formula is C13H19NO2. The quantitative estimate of drug-likeness (QED) is 0.796. The van der Waals surface area contributed by atoms with E-state index in [0.717, 1.165) is 12.0 Å². The van der Waals surface area contributed by atoms with Crippen LogP contribution in [0, 0.1) is 0 Å². The molecule has 1 aromatic carbocycles. The van der Waals surface area contributed by atoms with Crippen LogP contribution < -0.4 is 5.32 Å². The highest BCUT2D eigenvalue weighted by Crippen LogP contribution is 2.19. The van der Waals surface area contributed by atoms with Gasteiger partial charge in [-0.2, -0.15) is 0 Å². The minimum Gasteiger partial charge on any atom is -0.394 e. The lowest BCUT2D eigenvalue weighted by atomic mass is 9.92. The van der Waals surface area contributed by atoms with Crippen molar-refractivity contribution in [2.45, 2.75) is 32.2 Å². The second-order valence-electron chi connectivity index (χ2n) is 4.15. The maximum Gasteiger partial charge on any atom is 0.220 e. The molecule has 0 aliphatic heterocycles. The van der Waals surface area contributed by atoms with Crippen LogP contribution in [0.15, 0.2) is 30.3 Å². The minimum absolute atomic E-state index is 0.0251. The fourth-order valence-corrected chi connectivity index (χ4v) is 1.61. The Balaban J connectivity index is 2.82. The van der Waals surface area contributed by atoms with Crippen molar-refractivity contribution in [3.63, 3.8) is 0 Å². The van der Waals surface area contributed by atoms with Gasteiger partial charge in [-0.25, -0.2) is 0 Å². The number of hydrogen-bond donors (Lipinski definition) is 2. The number of carbonyl (C=O) groups excluding carboxylic acids is 1. The molecule has 16 heavy (non-hydrogen) atoms. The van der Waals surface area contributed by atoms with Gasteiger partial charge in [0.1, 0.15) is 0 Å². The highest BCUT2D eigenvalue weighted by molar-refractivity contribution is 5.76. The summed E-state index contributed by atoms with van der Waals surface area (Å²) in [6, 6.07) is 9.52. The van der Waals surface area contributed by atoms with Crippen LogP contribution in [0.2, 0.25) is 0 Å². The summed E-state index contributed by atoms with van der Waals surface area (Å²) in [5.41, 5.74) is 0.231. The molecule has 1 rings (SSSR count). The number of aliphatic hydroxyl groups excluding tert-OH is 1. The first-order valence-electron chi connectivity index (χ1n) is 5.60. The smallest absolute Gasteiger partial charge is 0.220 e. The molecule has 0 heterocycles. The number of amides is 1. The van der Waals surface area contributed by atoms with Gasteiger partial charge in [-0.05, 0) is 18.9 Å². The van der Waals surface area contributed by atoms with Gasteiger partial charge in [0.2, 0.25) is 5.91 Å². The zero-order valence-electron chi connectivity index (χ0n) is 9.86. The largest absolute Gasteiger partial charge is 0.394 e. The summed E-state index contributed by atoms with van der Waals surface area (Å²) in [5, 5.41) is 12.3. The summed E-state index contributed by atoms with van der Waals surface area (Å²) in [6.45, 7) is 3.68. The van der Waals surface area contributed by atoms with E-state index in [4.69, 9.17) is 0 Å². The third-order valence-electron chi connectivity index (χ3n) is 2.62. The van der Waals surface area contributed by atoms with Crippen LogP contribution in [-0.4, -0.2) is 17.6 Å². The molecule has 0 saturated heterocycles. The van der Waals surface area contributed by atoms with E-state index in [1.54, 1.807) is 0 Å². The molecule has 0 aliphatic carbocycles. The molecule has 0 saturated carbocycles. The summed E-state index contributed by atoms with van der Waals surface area (Å²) in [5.74, 6) is -0.0251. The van der Waals surface area contributed by atoms with Crippen LogP contribution in [0.3, 0.4) is 0 Å². The van der Waals surface area contributed by atoms with Crippen LogP contribution in [0.25, 0.3) is 0 Å². The predicted octanol–water partition coefficient (Wildman–Crippen LogP) is 1.81. The molecule has 0 aliphatic rings. The molecule has 3 nitrogen and oxygen atoms in total. The molecule has 0 radical (unpaired) electrons. The Hall–Kier alpha value is -1.35. The van der Waals surface area contributed by atoms with E-state index in [1.807, 2.05) is 44.2 Å². The summed E-state index contributed by atoms with van der Waals surface area (Å²) in [6.07, 6.45) is 1.30. The van der Waals surface area contributed by atoms with Gasteiger partial charge in [0.15, 0.2) is 0 Å². The SMILES string of the molecule is CCCC(=O)NC(C)(CO)c1ccccc1. The van der Waals surface area contributed by atoms with E-state index in [0.29, 0.717) is 6.42 Å². The number of nitrogens with one attached hydrogen (secondary N) is 1. The van der Waals surface area contributed by atoms with E-state index in [-0.39, 0.29) is 12.5 Å². The number of rotatable bonds is 5. The average molecular weight is 221 g/mol. The fraction of sp³-hybridized carbons (Fsp3) is 0.462. The van der Waals surface area contributed by atoms with Crippen molar-refractivity contribution < 1.29 is 9.90 Å². The van der Waals surface area contributed by atoms with Crippen molar-refractivity contribution in [2.75, 3.05) is 6.61 Å². The third kappa shape index (κ3) is 3.07. The number of aliphatic hydroxyl groups is 1. The van der Waals surface area contributed by atoms with Gasteiger partial charge in [-0.1, -0.05) is 37.3 Å². The van der Waals surface area contributed by atoms with Crippen molar-refractivity contribution in [2.24, 2.45) is 0 Å². The monoisotopic (exact) mass is 221 g/mol. The van der Waals surface area contributed by atoms with Gasteiger partial charge >= 0.3 is 0 Å². The Morgan fingerprint density at radius 1 is 1.38 bits per heavy atom. The van der Waals surface area contributed by atoms with Gasteiger partial charge in [-0.15, -0.1) is 0 Å². The van der Waals surface area contributed by atoms with E-state index < -0.39 is 5.54 Å². The average Bonchev–Trinajstić information content (AvgIpc) is 2.30. The van der Waals surface area contributed by atoms with E-state index in [2.05, 4.69) is 5.32 Å². The van der Waals surface area contributed by atoms with Crippen LogP contribution in [0.4, 0.5) is 0 Å². The van der Waals surface area contributed by atoms with Crippen LogP contribution in [0.5, 0.6) is 0 Å². The summed E-state index contributed by atoms with van der Waals surface area (Å²) < 4.78 is 0. The Morgan fingerprint density at radius 3 is 2.50 bits per heavy atom. The van der Waals surface area contributed by atoms with Crippen molar-refractivity contribution >= 4 is 5.91 Å². The highest BCUT2D eigenvalue weighted by atomic mass is 16.3. The van der Waals surface area contributed by atoms with Crippen LogP contribution >= 0.6 is 0 Å². The minimum atomic E-state index is -0.687. The van der Waals surface area contributed by atoms with Gasteiger partial charge in [0, 0.05) is 6.42 Å². The molecule has 1 amide bonds. The summed E-state index contributed by atoms with van der Waals surface area (Å²) >= 11 is 0. The Morgan fingerprint density at radius 2 is 2.00 bits per heavy atom. The molecule has 3 heteroatoms. The molecule has 0 fully saturated rings. The lowest BCUT2D eigenvalue weighted by molar-refractivity contribution is -0.123. The predicted molar refractivity (Wildman–Crippen MR) is 63.9 cm³/mol. The lowest BCUT2D eigenvalue weighted by Gasteiger charge is -2.29. The molecule has 88 valence electrons. The topological polar surface area (TPSA) is 49.3 Å². The van der Waals surface area contributed by atoms with Crippen molar-refractivity contribution in [1.29, 1.82) is 0 Å². The molecule has 0 bridgehead atoms. The summed E-state index contributed by atoms with van der Waals surface area (Å²) in [4.78, 5) is 11.6. The van der Waals surface area contributed by atoms with Crippen molar-refractivity contribution in [1.82, 2.24) is 5.32 Å². The number of carbonyl (C=O) groups is 1. The van der Waals surface area contributed by atoms with Gasteiger partial charge in [-0.3, -0.25) is 4.79 Å². The third-order valence-corrected chi connectivity index (χ3v) is 2.62. The van der Waals surface area contributed by atoms with E-state index in [1.165, 1.54) is 0 Å². The second kappa shape index (κ2) is 5.66. The molecule has 1 atom stereocenters. The Labute approximate surface area is 96.5 Å². The zero-order valence-corrected chi connectivity index (χ0v) is 9.86. The van der Waals surface area contributed by atoms with Crippen LogP contribution in [-0.2, 0) is 10.3 Å². The molecule has 0 spiro atoms. The molecule has 0 aromatic heterocycles. The van der Waals surface area contributed by atoms with E-state index >= 15 is 0 Å². The van der Waals surface area contributed by atoms with Gasteiger partial charge in [0.05, 0.1) is 12.1 Å². The van der Waals surface area contributed by atoms with E-state index in [9.17, 15) is 9.90 Å². The molecule has 1 unspecified atom stereocenters. The first kappa shape index (κ1) is 12.7. The fourth-order valence-electron chi connectivity index (χ4n) is 1.61. The lowest BCUT2D eigenvalue weighted by Crippen LogP contribution is -2.46. The van der Waals surface area contributed by atoms with Crippen LogP contribution in [0.1, 0.15) is 32.3 Å². The standard InChI is InChI=1S/C13H19NO2/c1-3-7-12(16)14-13(2,10-15)11-8-5-4-6-9-11/h4-6,8-9,15H,3,7,10H2,1-2H3,(H,14,16). The molecular weight excluding hydrogens is 202 g/mol.